The molecule has 3 saturated heterocycles. The van der Waals surface area contributed by atoms with E-state index in [1.807, 2.05) is 0 Å². The summed E-state index contributed by atoms with van der Waals surface area (Å²) in [5.74, 6) is 0.581. The number of nitrogens with one attached hydrogen (secondary N) is 1. The fourth-order valence-corrected chi connectivity index (χ4v) is 3.65. The predicted octanol–water partition coefficient (Wildman–Crippen LogP) is 3.97. The second-order valence-corrected chi connectivity index (χ2v) is 6.44. The standard InChI is InChI=1S/C14H16BrF3N2/c15-12-2-1-10(7-11(12)14(16,17)18)19-13-8-20-5-3-9(13)4-6-20/h1-2,7,9,13,19H,3-6,8H2. The Labute approximate surface area is 124 Å². The zero-order valence-electron chi connectivity index (χ0n) is 10.9. The lowest BCUT2D eigenvalue weighted by Gasteiger charge is -2.45. The van der Waals surface area contributed by atoms with E-state index in [4.69, 9.17) is 0 Å². The number of benzene rings is 1. The molecule has 0 spiro atoms. The third-order valence-corrected chi connectivity index (χ3v) is 4.97. The minimum absolute atomic E-state index is 0.0875. The summed E-state index contributed by atoms with van der Waals surface area (Å²) >= 11 is 2.97. The van der Waals surface area contributed by atoms with E-state index in [2.05, 4.69) is 26.1 Å². The molecule has 0 radical (unpaired) electrons. The van der Waals surface area contributed by atoms with Crippen LogP contribution in [0.3, 0.4) is 0 Å². The second-order valence-electron chi connectivity index (χ2n) is 5.58. The van der Waals surface area contributed by atoms with Gasteiger partial charge in [-0.15, -0.1) is 0 Å². The van der Waals surface area contributed by atoms with E-state index in [9.17, 15) is 13.2 Å². The van der Waals surface area contributed by atoms with Crippen LogP contribution >= 0.6 is 15.9 Å². The first-order valence-electron chi connectivity index (χ1n) is 6.79. The van der Waals surface area contributed by atoms with Crippen molar-refractivity contribution in [1.29, 1.82) is 0 Å². The Bertz CT molecular complexity index is 496. The Morgan fingerprint density at radius 1 is 1.20 bits per heavy atom. The number of rotatable bonds is 2. The highest BCUT2D eigenvalue weighted by atomic mass is 79.9. The van der Waals surface area contributed by atoms with Gasteiger partial charge in [0.2, 0.25) is 0 Å². The normalized spacial score (nSPS) is 29.5. The molecule has 1 unspecified atom stereocenters. The lowest BCUT2D eigenvalue weighted by atomic mass is 9.84. The Morgan fingerprint density at radius 3 is 2.45 bits per heavy atom. The number of halogens is 4. The predicted molar refractivity (Wildman–Crippen MR) is 75.7 cm³/mol. The molecule has 1 aromatic carbocycles. The molecule has 3 aliphatic heterocycles. The van der Waals surface area contributed by atoms with E-state index < -0.39 is 11.7 Å². The lowest BCUT2D eigenvalue weighted by molar-refractivity contribution is -0.138. The Balaban J connectivity index is 1.78. The van der Waals surface area contributed by atoms with Gasteiger partial charge in [0, 0.05) is 22.7 Å². The summed E-state index contributed by atoms with van der Waals surface area (Å²) in [6, 6.07) is 4.63. The zero-order valence-corrected chi connectivity index (χ0v) is 12.5. The lowest BCUT2D eigenvalue weighted by Crippen LogP contribution is -2.53. The quantitative estimate of drug-likeness (QED) is 0.869. The maximum absolute atomic E-state index is 12.9. The number of alkyl halides is 3. The van der Waals surface area contributed by atoms with Crippen molar-refractivity contribution >= 4 is 21.6 Å². The van der Waals surface area contributed by atoms with Gasteiger partial charge in [-0.05, 0) is 50.0 Å². The van der Waals surface area contributed by atoms with Crippen molar-refractivity contribution in [3.63, 3.8) is 0 Å². The summed E-state index contributed by atoms with van der Waals surface area (Å²) in [5.41, 5.74) is -0.0666. The van der Waals surface area contributed by atoms with Crippen LogP contribution < -0.4 is 5.32 Å². The minimum atomic E-state index is -4.33. The maximum atomic E-state index is 12.9. The van der Waals surface area contributed by atoms with Crippen LogP contribution in [-0.2, 0) is 6.18 Å². The molecule has 3 aliphatic rings. The molecule has 0 saturated carbocycles. The van der Waals surface area contributed by atoms with Gasteiger partial charge >= 0.3 is 6.18 Å². The molecule has 0 amide bonds. The number of fused-ring (bicyclic) bond motifs is 3. The number of anilines is 1. The van der Waals surface area contributed by atoms with Crippen molar-refractivity contribution in [3.05, 3.63) is 28.2 Å². The summed E-state index contributed by atoms with van der Waals surface area (Å²) in [6.45, 7) is 3.18. The fourth-order valence-electron chi connectivity index (χ4n) is 3.17. The molecular formula is C14H16BrF3N2. The van der Waals surface area contributed by atoms with Crippen LogP contribution in [0.25, 0.3) is 0 Å². The van der Waals surface area contributed by atoms with Crippen molar-refractivity contribution < 1.29 is 13.2 Å². The van der Waals surface area contributed by atoms with Gasteiger partial charge in [-0.2, -0.15) is 13.2 Å². The average Bonchev–Trinajstić information content (AvgIpc) is 2.41. The van der Waals surface area contributed by atoms with Crippen molar-refractivity contribution in [2.24, 2.45) is 5.92 Å². The van der Waals surface area contributed by atoms with Crippen molar-refractivity contribution in [2.45, 2.75) is 25.1 Å². The molecule has 0 aliphatic carbocycles. The van der Waals surface area contributed by atoms with Crippen molar-refractivity contribution in [2.75, 3.05) is 25.0 Å². The van der Waals surface area contributed by atoms with Gasteiger partial charge in [0.15, 0.2) is 0 Å². The summed E-state index contributed by atoms with van der Waals surface area (Å²) in [7, 11) is 0. The van der Waals surface area contributed by atoms with Gasteiger partial charge in [0.1, 0.15) is 0 Å². The van der Waals surface area contributed by atoms with Gasteiger partial charge in [-0.25, -0.2) is 0 Å². The molecule has 110 valence electrons. The summed E-state index contributed by atoms with van der Waals surface area (Å²) in [5, 5.41) is 3.29. The minimum Gasteiger partial charge on any atom is -0.381 e. The molecule has 20 heavy (non-hydrogen) atoms. The SMILES string of the molecule is FC(F)(F)c1cc(NC2CN3CCC2CC3)ccc1Br. The first kappa shape index (κ1) is 14.2. The summed E-state index contributed by atoms with van der Waals surface area (Å²) in [4.78, 5) is 2.38. The third kappa shape index (κ3) is 2.81. The zero-order chi connectivity index (χ0) is 14.3. The maximum Gasteiger partial charge on any atom is 0.417 e. The monoisotopic (exact) mass is 348 g/mol. The van der Waals surface area contributed by atoms with Crippen LogP contribution in [0.5, 0.6) is 0 Å². The van der Waals surface area contributed by atoms with Crippen molar-refractivity contribution in [1.82, 2.24) is 4.90 Å². The highest BCUT2D eigenvalue weighted by Gasteiger charge is 2.35. The molecule has 6 heteroatoms. The van der Waals surface area contributed by atoms with Crippen LogP contribution in [-0.4, -0.2) is 30.6 Å². The van der Waals surface area contributed by atoms with E-state index in [0.29, 0.717) is 11.6 Å². The Morgan fingerprint density at radius 2 is 1.90 bits per heavy atom. The Kier molecular flexibility index (Phi) is 3.71. The molecule has 4 rings (SSSR count). The van der Waals surface area contributed by atoms with E-state index >= 15 is 0 Å². The topological polar surface area (TPSA) is 15.3 Å². The van der Waals surface area contributed by atoms with Crippen LogP contribution in [0.15, 0.2) is 22.7 Å². The summed E-state index contributed by atoms with van der Waals surface area (Å²) < 4.78 is 38.8. The first-order chi connectivity index (χ1) is 9.43. The van der Waals surface area contributed by atoms with E-state index in [1.165, 1.54) is 12.1 Å². The van der Waals surface area contributed by atoms with E-state index in [1.54, 1.807) is 6.07 Å². The number of piperidine rings is 3. The van der Waals surface area contributed by atoms with Gasteiger partial charge in [-0.1, -0.05) is 15.9 Å². The molecule has 3 fully saturated rings. The number of hydrogen-bond acceptors (Lipinski definition) is 2. The second kappa shape index (κ2) is 5.22. The number of nitrogens with zero attached hydrogens (tertiary/aromatic N) is 1. The molecule has 3 heterocycles. The highest BCUT2D eigenvalue weighted by molar-refractivity contribution is 9.10. The highest BCUT2D eigenvalue weighted by Crippen LogP contribution is 2.37. The first-order valence-corrected chi connectivity index (χ1v) is 7.58. The van der Waals surface area contributed by atoms with Crippen LogP contribution in [0.2, 0.25) is 0 Å². The molecule has 1 aromatic rings. The average molecular weight is 349 g/mol. The van der Waals surface area contributed by atoms with Crippen LogP contribution in [0, 0.1) is 5.92 Å². The van der Waals surface area contributed by atoms with Gasteiger partial charge in [0.05, 0.1) is 5.56 Å². The molecule has 0 aromatic heterocycles. The van der Waals surface area contributed by atoms with Gasteiger partial charge in [0.25, 0.3) is 0 Å². The van der Waals surface area contributed by atoms with Crippen LogP contribution in [0.1, 0.15) is 18.4 Å². The Hall–Kier alpha value is -0.750. The van der Waals surface area contributed by atoms with Crippen LogP contribution in [0.4, 0.5) is 18.9 Å². The summed E-state index contributed by atoms with van der Waals surface area (Å²) in [6.07, 6.45) is -2.05. The fraction of sp³-hybridized carbons (Fsp3) is 0.571. The molecular weight excluding hydrogens is 333 g/mol. The molecule has 2 nitrogen and oxygen atoms in total. The van der Waals surface area contributed by atoms with Gasteiger partial charge in [-0.3, -0.25) is 0 Å². The molecule has 2 bridgehead atoms. The van der Waals surface area contributed by atoms with Crippen molar-refractivity contribution in [3.8, 4) is 0 Å². The van der Waals surface area contributed by atoms with Gasteiger partial charge < -0.3 is 10.2 Å². The number of hydrogen-bond donors (Lipinski definition) is 1. The largest absolute Gasteiger partial charge is 0.417 e. The third-order valence-electron chi connectivity index (χ3n) is 4.28. The van der Waals surface area contributed by atoms with E-state index in [-0.39, 0.29) is 10.5 Å². The molecule has 1 atom stereocenters. The smallest absolute Gasteiger partial charge is 0.381 e. The van der Waals surface area contributed by atoms with E-state index in [0.717, 1.165) is 32.5 Å². The molecule has 1 N–H and O–H groups in total.